The summed E-state index contributed by atoms with van der Waals surface area (Å²) in [6.07, 6.45) is 0. The van der Waals surface area contributed by atoms with Crippen molar-refractivity contribution in [3.8, 4) is 17.1 Å². The van der Waals surface area contributed by atoms with E-state index in [-0.39, 0.29) is 16.6 Å². The lowest BCUT2D eigenvalue weighted by molar-refractivity contribution is -0.384. The zero-order valence-electron chi connectivity index (χ0n) is 16.2. The van der Waals surface area contributed by atoms with E-state index >= 15 is 0 Å². The molecule has 0 aliphatic rings. The molecule has 2 aromatic heterocycles. The van der Waals surface area contributed by atoms with Crippen molar-refractivity contribution in [1.29, 1.82) is 0 Å². The average molecular weight is 489 g/mol. The van der Waals surface area contributed by atoms with E-state index in [4.69, 9.17) is 33.0 Å². The number of methoxy groups -OCH3 is 1. The van der Waals surface area contributed by atoms with Gasteiger partial charge in [0.25, 0.3) is 11.6 Å². The molecule has 0 fully saturated rings. The Morgan fingerprint density at radius 3 is 2.84 bits per heavy atom. The van der Waals surface area contributed by atoms with E-state index in [0.717, 1.165) is 4.70 Å². The van der Waals surface area contributed by atoms with E-state index in [9.17, 15) is 14.9 Å². The number of halogens is 1. The molecule has 0 atom stereocenters. The number of hydrogen-bond donors (Lipinski definition) is 2. The number of furan rings is 1. The molecule has 2 aromatic carbocycles. The van der Waals surface area contributed by atoms with Crippen molar-refractivity contribution >= 4 is 67.2 Å². The third-order valence-corrected chi connectivity index (χ3v) is 5.71. The molecule has 0 aliphatic heterocycles. The van der Waals surface area contributed by atoms with Gasteiger partial charge in [-0.25, -0.2) is 4.98 Å². The molecule has 12 heteroatoms. The number of hydrogen-bond acceptors (Lipinski definition) is 8. The summed E-state index contributed by atoms with van der Waals surface area (Å²) in [5.41, 5.74) is 1.05. The topological polar surface area (TPSA) is 120 Å². The first-order valence-corrected chi connectivity index (χ1v) is 10.6. The molecule has 4 aromatic rings. The minimum absolute atomic E-state index is 0.00326. The predicted octanol–water partition coefficient (Wildman–Crippen LogP) is 5.25. The zero-order valence-corrected chi connectivity index (χ0v) is 18.6. The summed E-state index contributed by atoms with van der Waals surface area (Å²) in [5, 5.41) is 17.2. The molecule has 162 valence electrons. The van der Waals surface area contributed by atoms with Gasteiger partial charge < -0.3 is 14.5 Å². The summed E-state index contributed by atoms with van der Waals surface area (Å²) in [4.78, 5) is 27.3. The Hall–Kier alpha value is -3.54. The van der Waals surface area contributed by atoms with E-state index in [1.165, 1.54) is 42.7 Å². The first-order valence-electron chi connectivity index (χ1n) is 8.95. The van der Waals surface area contributed by atoms with Gasteiger partial charge in [0.1, 0.15) is 11.5 Å². The molecule has 0 radical (unpaired) electrons. The molecule has 0 aliphatic carbocycles. The highest BCUT2D eigenvalue weighted by Gasteiger charge is 2.16. The number of thiazole rings is 1. The van der Waals surface area contributed by atoms with Crippen LogP contribution in [0.1, 0.15) is 10.6 Å². The SMILES string of the molecule is COc1cc2sc(NC(=S)NC(=O)c3ccc(-c4cccc([N+](=O)[O-])c4)o3)nc2cc1Cl. The second kappa shape index (κ2) is 8.91. The van der Waals surface area contributed by atoms with Gasteiger partial charge in [-0.3, -0.25) is 20.2 Å². The largest absolute Gasteiger partial charge is 0.495 e. The molecule has 4 rings (SSSR count). The number of carbonyl (C=O) groups is 1. The number of ether oxygens (including phenoxy) is 1. The van der Waals surface area contributed by atoms with Crippen LogP contribution in [0.3, 0.4) is 0 Å². The average Bonchev–Trinajstić information content (AvgIpc) is 3.39. The fourth-order valence-electron chi connectivity index (χ4n) is 2.82. The monoisotopic (exact) mass is 488 g/mol. The molecular weight excluding hydrogens is 476 g/mol. The Morgan fingerprint density at radius 1 is 1.28 bits per heavy atom. The summed E-state index contributed by atoms with van der Waals surface area (Å²) in [6, 6.07) is 12.4. The number of carbonyl (C=O) groups excluding carboxylic acids is 1. The summed E-state index contributed by atoms with van der Waals surface area (Å²) < 4.78 is 11.6. The lowest BCUT2D eigenvalue weighted by Crippen LogP contribution is -2.33. The van der Waals surface area contributed by atoms with Gasteiger partial charge in [-0.2, -0.15) is 0 Å². The second-order valence-electron chi connectivity index (χ2n) is 6.35. The standard InChI is InChI=1S/C20H13ClN4O5S2/c1-29-16-9-17-13(8-12(16)21)22-20(32-17)24-19(31)23-18(26)15-6-5-14(30-15)10-3-2-4-11(7-10)25(27)28/h2-9H,1H3,(H2,22,23,24,26,31). The number of thiocarbonyl (C=S) groups is 1. The number of fused-ring (bicyclic) bond motifs is 1. The smallest absolute Gasteiger partial charge is 0.293 e. The van der Waals surface area contributed by atoms with E-state index in [2.05, 4.69) is 15.6 Å². The highest BCUT2D eigenvalue weighted by atomic mass is 35.5. The number of nitrogens with one attached hydrogen (secondary N) is 2. The van der Waals surface area contributed by atoms with Crippen LogP contribution in [0.5, 0.6) is 5.75 Å². The maximum Gasteiger partial charge on any atom is 0.293 e. The highest BCUT2D eigenvalue weighted by molar-refractivity contribution is 7.80. The van der Waals surface area contributed by atoms with Crippen LogP contribution < -0.4 is 15.4 Å². The Labute approximate surface area is 195 Å². The minimum Gasteiger partial charge on any atom is -0.495 e. The number of nitrogens with zero attached hydrogens (tertiary/aromatic N) is 2. The fraction of sp³-hybridized carbons (Fsp3) is 0.0500. The van der Waals surface area contributed by atoms with Crippen LogP contribution in [0.2, 0.25) is 5.02 Å². The Morgan fingerprint density at radius 2 is 2.09 bits per heavy atom. The van der Waals surface area contributed by atoms with Gasteiger partial charge in [0, 0.05) is 23.8 Å². The van der Waals surface area contributed by atoms with E-state index < -0.39 is 10.8 Å². The quantitative estimate of drug-likeness (QED) is 0.222. The van der Waals surface area contributed by atoms with Gasteiger partial charge in [-0.05, 0) is 30.4 Å². The van der Waals surface area contributed by atoms with E-state index in [1.54, 1.807) is 24.3 Å². The summed E-state index contributed by atoms with van der Waals surface area (Å²) in [5.74, 6) is 0.263. The maximum atomic E-state index is 12.5. The number of nitro groups is 1. The molecule has 0 spiro atoms. The third kappa shape index (κ3) is 4.54. The molecule has 2 N–H and O–H groups in total. The zero-order chi connectivity index (χ0) is 22.8. The molecule has 0 bridgehead atoms. The van der Waals surface area contributed by atoms with Crippen LogP contribution in [-0.4, -0.2) is 28.0 Å². The number of anilines is 1. The Kier molecular flexibility index (Phi) is 6.04. The molecule has 0 unspecified atom stereocenters. The van der Waals surface area contributed by atoms with Crippen molar-refractivity contribution < 1.29 is 18.9 Å². The molecule has 9 nitrogen and oxygen atoms in total. The fourth-order valence-corrected chi connectivity index (χ4v) is 4.19. The lowest BCUT2D eigenvalue weighted by atomic mass is 10.1. The van der Waals surface area contributed by atoms with Crippen molar-refractivity contribution in [2.75, 3.05) is 12.4 Å². The van der Waals surface area contributed by atoms with Crippen molar-refractivity contribution in [2.24, 2.45) is 0 Å². The van der Waals surface area contributed by atoms with Crippen molar-refractivity contribution in [1.82, 2.24) is 10.3 Å². The van der Waals surface area contributed by atoms with Gasteiger partial charge >= 0.3 is 0 Å². The highest BCUT2D eigenvalue weighted by Crippen LogP contribution is 2.34. The van der Waals surface area contributed by atoms with Gasteiger partial charge in [-0.15, -0.1) is 0 Å². The first kappa shape index (κ1) is 21.7. The number of aromatic nitrogens is 1. The number of non-ortho nitro benzene ring substituents is 1. The van der Waals surface area contributed by atoms with Crippen molar-refractivity contribution in [2.45, 2.75) is 0 Å². The van der Waals surface area contributed by atoms with E-state index in [0.29, 0.717) is 32.7 Å². The van der Waals surface area contributed by atoms with Crippen LogP contribution in [0.15, 0.2) is 52.9 Å². The van der Waals surface area contributed by atoms with Crippen LogP contribution in [0.4, 0.5) is 10.8 Å². The molecular formula is C20H13ClN4O5S2. The number of benzene rings is 2. The number of amides is 1. The molecule has 2 heterocycles. The van der Waals surface area contributed by atoms with Crippen LogP contribution in [0.25, 0.3) is 21.5 Å². The Bertz CT molecular complexity index is 1370. The maximum absolute atomic E-state index is 12.5. The summed E-state index contributed by atoms with van der Waals surface area (Å²) in [7, 11) is 1.52. The second-order valence-corrected chi connectivity index (χ2v) is 8.20. The van der Waals surface area contributed by atoms with Crippen LogP contribution >= 0.6 is 35.2 Å². The molecule has 0 saturated heterocycles. The summed E-state index contributed by atoms with van der Waals surface area (Å²) >= 11 is 12.6. The normalized spacial score (nSPS) is 10.7. The number of rotatable bonds is 5. The predicted molar refractivity (Wildman–Crippen MR) is 126 cm³/mol. The third-order valence-electron chi connectivity index (χ3n) is 4.28. The lowest BCUT2D eigenvalue weighted by Gasteiger charge is -2.05. The van der Waals surface area contributed by atoms with Gasteiger partial charge in [-0.1, -0.05) is 35.1 Å². The minimum atomic E-state index is -0.579. The Balaban J connectivity index is 1.44. The molecule has 32 heavy (non-hydrogen) atoms. The van der Waals surface area contributed by atoms with Crippen LogP contribution in [-0.2, 0) is 0 Å². The van der Waals surface area contributed by atoms with Gasteiger partial charge in [0.2, 0.25) is 0 Å². The number of nitro benzene ring substituents is 1. The molecule has 1 amide bonds. The van der Waals surface area contributed by atoms with Crippen molar-refractivity contribution in [3.05, 3.63) is 69.4 Å². The van der Waals surface area contributed by atoms with Crippen LogP contribution in [0, 0.1) is 10.1 Å². The van der Waals surface area contributed by atoms with Crippen molar-refractivity contribution in [3.63, 3.8) is 0 Å². The van der Waals surface area contributed by atoms with Gasteiger partial charge in [0.05, 0.1) is 27.3 Å². The first-order chi connectivity index (χ1) is 15.3. The molecule has 0 saturated carbocycles. The van der Waals surface area contributed by atoms with Gasteiger partial charge in [0.15, 0.2) is 16.0 Å². The summed E-state index contributed by atoms with van der Waals surface area (Å²) in [6.45, 7) is 0. The van der Waals surface area contributed by atoms with E-state index in [1.807, 2.05) is 0 Å².